The van der Waals surface area contributed by atoms with Crippen molar-refractivity contribution < 1.29 is 14.2 Å². The van der Waals surface area contributed by atoms with E-state index in [9.17, 15) is 0 Å². The van der Waals surface area contributed by atoms with E-state index >= 15 is 0 Å². The fourth-order valence-corrected chi connectivity index (χ4v) is 3.77. The SMILES string of the molecule is COc1cc2n[nH]c(CN3CCN(c4ccccc4OC)CC3)c2cc1OC. The molecule has 4 rings (SSSR count). The number of aromatic amines is 1. The second kappa shape index (κ2) is 7.98. The topological polar surface area (TPSA) is 62.9 Å². The van der Waals surface area contributed by atoms with Crippen LogP contribution in [0.1, 0.15) is 5.69 Å². The Morgan fingerprint density at radius 3 is 2.29 bits per heavy atom. The molecule has 7 heteroatoms. The highest BCUT2D eigenvalue weighted by Gasteiger charge is 2.21. The van der Waals surface area contributed by atoms with Crippen molar-refractivity contribution in [3.05, 3.63) is 42.1 Å². The summed E-state index contributed by atoms with van der Waals surface area (Å²) in [6, 6.07) is 12.1. The van der Waals surface area contributed by atoms with Crippen LogP contribution in [-0.2, 0) is 6.54 Å². The summed E-state index contributed by atoms with van der Waals surface area (Å²) in [7, 11) is 5.01. The number of rotatable bonds is 6. The van der Waals surface area contributed by atoms with E-state index in [0.29, 0.717) is 5.75 Å². The molecule has 1 aliphatic heterocycles. The number of benzene rings is 2. The predicted octanol–water partition coefficient (Wildman–Crippen LogP) is 2.91. The number of nitrogens with one attached hydrogen (secondary N) is 1. The molecule has 0 saturated carbocycles. The minimum Gasteiger partial charge on any atom is -0.495 e. The average Bonchev–Trinajstić information content (AvgIpc) is 3.14. The molecule has 2 aromatic carbocycles. The number of para-hydroxylation sites is 2. The highest BCUT2D eigenvalue weighted by molar-refractivity contribution is 5.85. The Kier molecular flexibility index (Phi) is 5.25. The Balaban J connectivity index is 1.46. The zero-order valence-corrected chi connectivity index (χ0v) is 16.6. The van der Waals surface area contributed by atoms with Crippen LogP contribution in [0.15, 0.2) is 36.4 Å². The molecule has 0 radical (unpaired) electrons. The van der Waals surface area contributed by atoms with Gasteiger partial charge in [0.25, 0.3) is 0 Å². The van der Waals surface area contributed by atoms with Crippen LogP contribution < -0.4 is 19.1 Å². The molecule has 0 spiro atoms. The quantitative estimate of drug-likeness (QED) is 0.707. The first kappa shape index (κ1) is 18.4. The second-order valence-corrected chi connectivity index (χ2v) is 6.86. The number of aromatic nitrogens is 2. The monoisotopic (exact) mass is 382 g/mol. The minimum absolute atomic E-state index is 0.693. The smallest absolute Gasteiger partial charge is 0.162 e. The Bertz CT molecular complexity index is 948. The van der Waals surface area contributed by atoms with Gasteiger partial charge in [-0.15, -0.1) is 0 Å². The molecule has 3 aromatic rings. The number of anilines is 1. The fraction of sp³-hybridized carbons (Fsp3) is 0.381. The molecule has 7 nitrogen and oxygen atoms in total. The van der Waals surface area contributed by atoms with Gasteiger partial charge in [-0.2, -0.15) is 5.10 Å². The molecule has 1 N–H and O–H groups in total. The maximum atomic E-state index is 5.51. The molecule has 1 saturated heterocycles. The number of nitrogens with zero attached hydrogens (tertiary/aromatic N) is 3. The van der Waals surface area contributed by atoms with Gasteiger partial charge < -0.3 is 19.1 Å². The van der Waals surface area contributed by atoms with E-state index in [1.165, 1.54) is 0 Å². The standard InChI is InChI=1S/C21H26N4O3/c1-26-19-7-5-4-6-18(19)25-10-8-24(9-11-25)14-17-15-12-20(27-2)21(28-3)13-16(15)22-23-17/h4-7,12-13H,8-11,14H2,1-3H3,(H,22,23). The van der Waals surface area contributed by atoms with Gasteiger partial charge >= 0.3 is 0 Å². The van der Waals surface area contributed by atoms with Gasteiger partial charge in [-0.3, -0.25) is 10.00 Å². The summed E-state index contributed by atoms with van der Waals surface area (Å²) in [5, 5.41) is 8.70. The van der Waals surface area contributed by atoms with Crippen molar-refractivity contribution in [1.29, 1.82) is 0 Å². The molecular formula is C21H26N4O3. The summed E-state index contributed by atoms with van der Waals surface area (Å²) in [5.74, 6) is 2.34. The number of ether oxygens (including phenoxy) is 3. The molecule has 0 bridgehead atoms. The highest BCUT2D eigenvalue weighted by atomic mass is 16.5. The van der Waals surface area contributed by atoms with Crippen molar-refractivity contribution in [2.45, 2.75) is 6.54 Å². The summed E-state index contributed by atoms with van der Waals surface area (Å²) in [4.78, 5) is 4.82. The van der Waals surface area contributed by atoms with Crippen LogP contribution in [0.3, 0.4) is 0 Å². The van der Waals surface area contributed by atoms with Crippen LogP contribution in [0.2, 0.25) is 0 Å². The number of hydrogen-bond acceptors (Lipinski definition) is 6. The Morgan fingerprint density at radius 2 is 1.57 bits per heavy atom. The van der Waals surface area contributed by atoms with E-state index in [4.69, 9.17) is 14.2 Å². The molecule has 2 heterocycles. The first-order valence-electron chi connectivity index (χ1n) is 9.42. The van der Waals surface area contributed by atoms with Gasteiger partial charge in [0.1, 0.15) is 5.75 Å². The maximum absolute atomic E-state index is 5.51. The van der Waals surface area contributed by atoms with Crippen molar-refractivity contribution in [3.63, 3.8) is 0 Å². The molecule has 0 atom stereocenters. The molecule has 1 fully saturated rings. The summed E-state index contributed by atoms with van der Waals surface area (Å²) in [6.45, 7) is 4.70. The zero-order valence-electron chi connectivity index (χ0n) is 16.6. The summed E-state index contributed by atoms with van der Waals surface area (Å²) >= 11 is 0. The fourth-order valence-electron chi connectivity index (χ4n) is 3.77. The van der Waals surface area contributed by atoms with Crippen molar-refractivity contribution in [2.75, 3.05) is 52.4 Å². The third kappa shape index (κ3) is 3.45. The number of methoxy groups -OCH3 is 3. The van der Waals surface area contributed by atoms with Crippen LogP contribution in [-0.4, -0.2) is 62.6 Å². The lowest BCUT2D eigenvalue weighted by Gasteiger charge is -2.36. The summed E-state index contributed by atoms with van der Waals surface area (Å²) in [6.07, 6.45) is 0. The third-order valence-electron chi connectivity index (χ3n) is 5.32. The summed E-state index contributed by atoms with van der Waals surface area (Å²) < 4.78 is 16.3. The van der Waals surface area contributed by atoms with Crippen LogP contribution in [0.5, 0.6) is 17.2 Å². The Labute approximate surface area is 164 Å². The van der Waals surface area contributed by atoms with Crippen LogP contribution in [0.25, 0.3) is 10.9 Å². The van der Waals surface area contributed by atoms with Gasteiger partial charge in [-0.1, -0.05) is 12.1 Å². The van der Waals surface area contributed by atoms with Crippen molar-refractivity contribution in [3.8, 4) is 17.2 Å². The van der Waals surface area contributed by atoms with E-state index in [1.807, 2.05) is 24.3 Å². The lowest BCUT2D eigenvalue weighted by Crippen LogP contribution is -2.46. The molecule has 0 unspecified atom stereocenters. The largest absolute Gasteiger partial charge is 0.495 e. The Hall–Kier alpha value is -2.93. The number of H-pyrrole nitrogens is 1. The average molecular weight is 382 g/mol. The van der Waals surface area contributed by atoms with Gasteiger partial charge in [0.2, 0.25) is 0 Å². The van der Waals surface area contributed by atoms with E-state index in [-0.39, 0.29) is 0 Å². The van der Waals surface area contributed by atoms with E-state index in [0.717, 1.165) is 66.5 Å². The van der Waals surface area contributed by atoms with Crippen molar-refractivity contribution >= 4 is 16.6 Å². The maximum Gasteiger partial charge on any atom is 0.162 e. The van der Waals surface area contributed by atoms with E-state index in [2.05, 4.69) is 32.1 Å². The van der Waals surface area contributed by atoms with Crippen LogP contribution >= 0.6 is 0 Å². The summed E-state index contributed by atoms with van der Waals surface area (Å²) in [5.41, 5.74) is 3.15. The molecule has 148 valence electrons. The van der Waals surface area contributed by atoms with Gasteiger partial charge in [0, 0.05) is 44.2 Å². The van der Waals surface area contributed by atoms with Gasteiger partial charge in [-0.05, 0) is 18.2 Å². The normalized spacial score (nSPS) is 15.0. The number of fused-ring (bicyclic) bond motifs is 1. The van der Waals surface area contributed by atoms with Gasteiger partial charge in [0.15, 0.2) is 11.5 Å². The third-order valence-corrected chi connectivity index (χ3v) is 5.32. The molecule has 1 aliphatic rings. The zero-order chi connectivity index (χ0) is 19.5. The highest BCUT2D eigenvalue weighted by Crippen LogP contribution is 2.33. The molecule has 1 aromatic heterocycles. The Morgan fingerprint density at radius 1 is 0.893 bits per heavy atom. The van der Waals surface area contributed by atoms with Crippen LogP contribution in [0, 0.1) is 0 Å². The van der Waals surface area contributed by atoms with E-state index in [1.54, 1.807) is 21.3 Å². The van der Waals surface area contributed by atoms with Gasteiger partial charge in [-0.25, -0.2) is 0 Å². The van der Waals surface area contributed by atoms with Crippen molar-refractivity contribution in [2.24, 2.45) is 0 Å². The molecule has 28 heavy (non-hydrogen) atoms. The van der Waals surface area contributed by atoms with Crippen LogP contribution in [0.4, 0.5) is 5.69 Å². The lowest BCUT2D eigenvalue weighted by molar-refractivity contribution is 0.247. The first-order chi connectivity index (χ1) is 13.7. The minimum atomic E-state index is 0.693. The lowest BCUT2D eigenvalue weighted by atomic mass is 10.1. The number of piperazine rings is 1. The molecule has 0 amide bonds. The van der Waals surface area contributed by atoms with E-state index < -0.39 is 0 Å². The second-order valence-electron chi connectivity index (χ2n) is 6.86. The predicted molar refractivity (Wildman–Crippen MR) is 110 cm³/mol. The molecule has 0 aliphatic carbocycles. The first-order valence-corrected chi connectivity index (χ1v) is 9.42. The van der Waals surface area contributed by atoms with Crippen molar-refractivity contribution in [1.82, 2.24) is 15.1 Å². The van der Waals surface area contributed by atoms with Gasteiger partial charge in [0.05, 0.1) is 38.2 Å². The molecular weight excluding hydrogens is 356 g/mol. The number of hydrogen-bond donors (Lipinski definition) is 1.